The molecule has 0 radical (unpaired) electrons. The molecule has 0 bridgehead atoms. The van der Waals surface area contributed by atoms with Crippen molar-refractivity contribution in [3.8, 4) is 0 Å². The summed E-state index contributed by atoms with van der Waals surface area (Å²) < 4.78 is 34.1. The van der Waals surface area contributed by atoms with Crippen LogP contribution in [-0.4, -0.2) is 68.8 Å². The van der Waals surface area contributed by atoms with Gasteiger partial charge in [-0.1, -0.05) is 0 Å². The van der Waals surface area contributed by atoms with Crippen molar-refractivity contribution >= 4 is 45.4 Å². The molecule has 0 saturated carbocycles. The number of carbonyl (C=O) groups is 2. The van der Waals surface area contributed by atoms with Crippen LogP contribution in [0.4, 0.5) is 0 Å². The second-order valence-corrected chi connectivity index (χ2v) is 3.10. The van der Waals surface area contributed by atoms with Gasteiger partial charge in [0.2, 0.25) is 0 Å². The van der Waals surface area contributed by atoms with Gasteiger partial charge in [-0.15, -0.1) is 0 Å². The third kappa shape index (κ3) is 29.2. The Hall–Kier alpha value is -0.464. The Bertz CT molecular complexity index is 306. The van der Waals surface area contributed by atoms with Gasteiger partial charge < -0.3 is 25.1 Å². The molecule has 11 heteroatoms. The van der Waals surface area contributed by atoms with Gasteiger partial charge in [-0.05, 0) is 6.42 Å². The van der Waals surface area contributed by atoms with E-state index in [2.05, 4.69) is 0 Å². The molecular weight excluding hydrogens is 258 g/mol. The van der Waals surface area contributed by atoms with Crippen molar-refractivity contribution in [2.24, 2.45) is 5.73 Å². The van der Waals surface area contributed by atoms with Crippen LogP contribution in [0, 0.1) is 0 Å². The smallest absolute Gasteiger partial charge is 0.759 e. The molecular formula is C5H9MgNO8S. The first-order valence-electron chi connectivity index (χ1n) is 3.41. The summed E-state index contributed by atoms with van der Waals surface area (Å²) in [5.74, 6) is -2.20. The second-order valence-electron chi connectivity index (χ2n) is 2.29. The van der Waals surface area contributed by atoms with Crippen molar-refractivity contribution in [1.29, 1.82) is 0 Å². The van der Waals surface area contributed by atoms with Crippen molar-refractivity contribution in [1.82, 2.24) is 0 Å². The van der Waals surface area contributed by atoms with Gasteiger partial charge in [0.15, 0.2) is 0 Å². The van der Waals surface area contributed by atoms with E-state index < -0.39 is 28.4 Å². The van der Waals surface area contributed by atoms with Gasteiger partial charge in [-0.3, -0.25) is 18.0 Å². The number of carboxylic acid groups (broad SMARTS) is 2. The fraction of sp³-hybridized carbons (Fsp3) is 0.600. The molecule has 0 aromatic rings. The molecule has 0 spiro atoms. The fourth-order valence-corrected chi connectivity index (χ4v) is 0.402. The Morgan fingerprint density at radius 2 is 1.56 bits per heavy atom. The molecule has 0 saturated heterocycles. The van der Waals surface area contributed by atoms with Gasteiger partial charge in [-0.2, -0.15) is 0 Å². The van der Waals surface area contributed by atoms with Crippen molar-refractivity contribution in [2.45, 2.75) is 18.9 Å². The van der Waals surface area contributed by atoms with Crippen LogP contribution < -0.4 is 5.73 Å². The van der Waals surface area contributed by atoms with E-state index in [1.807, 2.05) is 0 Å². The molecule has 0 aliphatic rings. The normalized spacial score (nSPS) is 11.4. The first-order valence-corrected chi connectivity index (χ1v) is 4.74. The Morgan fingerprint density at radius 3 is 1.75 bits per heavy atom. The number of aliphatic carboxylic acids is 2. The summed E-state index contributed by atoms with van der Waals surface area (Å²) in [6, 6.07) is -1.06. The molecule has 16 heavy (non-hydrogen) atoms. The van der Waals surface area contributed by atoms with E-state index in [1.165, 1.54) is 0 Å². The average Bonchev–Trinajstić information content (AvgIpc) is 1.96. The zero-order valence-corrected chi connectivity index (χ0v) is 10.3. The van der Waals surface area contributed by atoms with Gasteiger partial charge in [0.05, 0.1) is 0 Å². The monoisotopic (exact) mass is 267 g/mol. The summed E-state index contributed by atoms with van der Waals surface area (Å²) in [7, 11) is -5.17. The number of rotatable bonds is 4. The summed E-state index contributed by atoms with van der Waals surface area (Å²) in [6.45, 7) is 0. The van der Waals surface area contributed by atoms with Crippen LogP contribution in [0.3, 0.4) is 0 Å². The molecule has 9 nitrogen and oxygen atoms in total. The van der Waals surface area contributed by atoms with Gasteiger partial charge >= 0.3 is 35.0 Å². The maximum atomic E-state index is 9.99. The molecule has 0 unspecified atom stereocenters. The first kappa shape index (κ1) is 20.9. The predicted octanol–water partition coefficient (Wildman–Crippen LogP) is -2.46. The minimum absolute atomic E-state index is 0. The quantitative estimate of drug-likeness (QED) is 0.282. The summed E-state index contributed by atoms with van der Waals surface area (Å²) >= 11 is 0. The summed E-state index contributed by atoms with van der Waals surface area (Å²) in [6.07, 6.45) is -0.224. The zero-order chi connectivity index (χ0) is 12.6. The molecule has 90 valence electrons. The van der Waals surface area contributed by atoms with E-state index in [9.17, 15) is 9.59 Å². The number of nitrogens with two attached hydrogens (primary N) is 1. The largest absolute Gasteiger partial charge is 2.00 e. The van der Waals surface area contributed by atoms with Crippen LogP contribution in [0.25, 0.3) is 0 Å². The number of carboxylic acids is 2. The van der Waals surface area contributed by atoms with Gasteiger partial charge in [0.25, 0.3) is 0 Å². The first-order chi connectivity index (χ1) is 6.54. The van der Waals surface area contributed by atoms with Crippen LogP contribution >= 0.6 is 0 Å². The third-order valence-electron chi connectivity index (χ3n) is 0.986. The maximum Gasteiger partial charge on any atom is 2.00 e. The molecule has 0 aliphatic heterocycles. The topological polar surface area (TPSA) is 181 Å². The average molecular weight is 267 g/mol. The molecule has 0 heterocycles. The van der Waals surface area contributed by atoms with Crippen molar-refractivity contribution in [2.75, 3.05) is 0 Å². The van der Waals surface area contributed by atoms with E-state index in [1.54, 1.807) is 0 Å². The summed E-state index contributed by atoms with van der Waals surface area (Å²) in [5.41, 5.74) is 5.00. The van der Waals surface area contributed by atoms with Gasteiger partial charge in [0.1, 0.15) is 6.04 Å². The zero-order valence-electron chi connectivity index (χ0n) is 8.03. The molecule has 0 aliphatic carbocycles. The Labute approximate surface area is 107 Å². The maximum absolute atomic E-state index is 9.99. The van der Waals surface area contributed by atoms with Gasteiger partial charge in [-0.25, -0.2) is 0 Å². The Morgan fingerprint density at radius 1 is 1.25 bits per heavy atom. The van der Waals surface area contributed by atoms with Crippen molar-refractivity contribution in [3.63, 3.8) is 0 Å². The van der Waals surface area contributed by atoms with Crippen LogP contribution in [-0.2, 0) is 20.0 Å². The SMILES string of the molecule is N[C@@H](CCC(=O)O)C(=O)O.O=S(=O)([O-])[O-].[Mg+2]. The molecule has 4 N–H and O–H groups in total. The standard InChI is InChI=1S/C5H9NO4.Mg.H2O4S/c6-3(5(9)10)1-2-4(7)8;;1-5(2,3)4/h3H,1-2,6H2,(H,7,8)(H,9,10);;(H2,1,2,3,4)/q;+2;/p-2/t3-;;/m0../s1. The molecule has 0 rings (SSSR count). The van der Waals surface area contributed by atoms with Gasteiger partial charge in [0, 0.05) is 16.8 Å². The van der Waals surface area contributed by atoms with Crippen LogP contribution in [0.15, 0.2) is 0 Å². The Balaban J connectivity index is -0.000000242. The van der Waals surface area contributed by atoms with Crippen molar-refractivity contribution < 1.29 is 37.3 Å². The fourth-order valence-electron chi connectivity index (χ4n) is 0.402. The number of hydrogen-bond acceptors (Lipinski definition) is 7. The van der Waals surface area contributed by atoms with Crippen molar-refractivity contribution in [3.05, 3.63) is 0 Å². The molecule has 0 fully saturated rings. The predicted molar refractivity (Wildman–Crippen MR) is 48.7 cm³/mol. The summed E-state index contributed by atoms with van der Waals surface area (Å²) in [5, 5.41) is 16.3. The van der Waals surface area contributed by atoms with E-state index in [-0.39, 0.29) is 35.9 Å². The number of hydrogen-bond donors (Lipinski definition) is 3. The molecule has 0 aromatic carbocycles. The van der Waals surface area contributed by atoms with E-state index >= 15 is 0 Å². The van der Waals surface area contributed by atoms with Crippen LogP contribution in [0.2, 0.25) is 0 Å². The van der Waals surface area contributed by atoms with Crippen LogP contribution in [0.5, 0.6) is 0 Å². The van der Waals surface area contributed by atoms with E-state index in [0.717, 1.165) is 0 Å². The molecule has 0 amide bonds. The molecule has 1 atom stereocenters. The molecule has 0 aromatic heterocycles. The minimum Gasteiger partial charge on any atom is -0.759 e. The second kappa shape index (κ2) is 9.74. The summed E-state index contributed by atoms with van der Waals surface area (Å²) in [4.78, 5) is 19.9. The Kier molecular flexibility index (Phi) is 12.7. The van der Waals surface area contributed by atoms with Crippen LogP contribution in [0.1, 0.15) is 12.8 Å². The minimum atomic E-state index is -5.17. The van der Waals surface area contributed by atoms with E-state index in [4.69, 9.17) is 33.5 Å². The third-order valence-corrected chi connectivity index (χ3v) is 0.986. The van der Waals surface area contributed by atoms with E-state index in [0.29, 0.717) is 0 Å².